The van der Waals surface area contributed by atoms with Crippen LogP contribution in [0.5, 0.6) is 0 Å². The zero-order valence-electron chi connectivity index (χ0n) is 9.24. The molecule has 0 aromatic heterocycles. The number of fused-ring (bicyclic) bond motifs is 2. The van der Waals surface area contributed by atoms with Crippen LogP contribution in [-0.4, -0.2) is 40.4 Å². The largest absolute Gasteiger partial charge is 0.437 e. The van der Waals surface area contributed by atoms with Gasteiger partial charge in [-0.3, -0.25) is 4.79 Å². The Morgan fingerprint density at radius 1 is 1.67 bits per heavy atom. The summed E-state index contributed by atoms with van der Waals surface area (Å²) in [7, 11) is -0.674. The van der Waals surface area contributed by atoms with E-state index >= 15 is 0 Å². The number of hydrogen-bond acceptors (Lipinski definition) is 3. The lowest BCUT2D eigenvalue weighted by molar-refractivity contribution is -0.137. The number of hydrogen-bond donors (Lipinski definition) is 1. The summed E-state index contributed by atoms with van der Waals surface area (Å²) in [5, 5.41) is 9.70. The fourth-order valence-electron chi connectivity index (χ4n) is 3.24. The molecule has 2 fully saturated rings. The molecule has 15 heavy (non-hydrogen) atoms. The molecule has 2 saturated heterocycles. The highest BCUT2D eigenvalue weighted by molar-refractivity contribution is 6.45. The predicted octanol–water partition coefficient (Wildman–Crippen LogP) is 1.02. The van der Waals surface area contributed by atoms with Gasteiger partial charge in [0.2, 0.25) is 0 Å². The molecule has 0 unspecified atom stereocenters. The molecule has 0 aromatic rings. The lowest BCUT2D eigenvalue weighted by atomic mass is 9.65. The van der Waals surface area contributed by atoms with Crippen molar-refractivity contribution in [1.29, 1.82) is 0 Å². The van der Waals surface area contributed by atoms with Crippen LogP contribution in [0.15, 0.2) is 0 Å². The number of carbonyl (C=O) groups excluding carboxylic acids is 1. The highest BCUT2D eigenvalue weighted by Crippen LogP contribution is 2.41. The summed E-state index contributed by atoms with van der Waals surface area (Å²) in [6.45, 7) is 3.61. The molecule has 0 spiro atoms. The van der Waals surface area contributed by atoms with E-state index < -0.39 is 19.3 Å². The minimum absolute atomic E-state index is 0.232. The van der Waals surface area contributed by atoms with Crippen LogP contribution in [0.1, 0.15) is 32.6 Å². The van der Waals surface area contributed by atoms with Gasteiger partial charge in [0.05, 0.1) is 0 Å². The highest BCUT2D eigenvalue weighted by Gasteiger charge is 2.53. The highest BCUT2D eigenvalue weighted by atomic mass is 19.1. The summed E-state index contributed by atoms with van der Waals surface area (Å²) in [6.07, 6.45) is 1.31. The molecule has 0 saturated carbocycles. The Morgan fingerprint density at radius 3 is 2.93 bits per heavy atom. The molecule has 3 atom stereocenters. The Labute approximate surface area is 89.8 Å². The van der Waals surface area contributed by atoms with Gasteiger partial charge < -0.3 is 9.83 Å². The summed E-state index contributed by atoms with van der Waals surface area (Å²) in [5.41, 5.74) is -0.337. The second-order valence-electron chi connectivity index (χ2n) is 5.04. The summed E-state index contributed by atoms with van der Waals surface area (Å²) < 4.78 is 13.7. The van der Waals surface area contributed by atoms with Gasteiger partial charge in [0, 0.05) is 18.0 Å². The summed E-state index contributed by atoms with van der Waals surface area (Å²) >= 11 is 0. The van der Waals surface area contributed by atoms with E-state index in [0.29, 0.717) is 6.42 Å². The van der Waals surface area contributed by atoms with Crippen LogP contribution in [0.25, 0.3) is 0 Å². The molecule has 0 radical (unpaired) electrons. The molecule has 5 heteroatoms. The lowest BCUT2D eigenvalue weighted by Gasteiger charge is -2.54. The van der Waals surface area contributed by atoms with Crippen LogP contribution in [0, 0.1) is 0 Å². The SMILES string of the molecule is CB(O)N1[C@@H]2CCC[C@@]1(C)CC(=O)[C@@H]2F. The van der Waals surface area contributed by atoms with Crippen molar-refractivity contribution in [2.24, 2.45) is 0 Å². The van der Waals surface area contributed by atoms with Crippen LogP contribution < -0.4 is 0 Å². The minimum atomic E-state index is -1.41. The summed E-state index contributed by atoms with van der Waals surface area (Å²) in [4.78, 5) is 13.3. The molecule has 2 bridgehead atoms. The average molecular weight is 213 g/mol. The van der Waals surface area contributed by atoms with E-state index in [-0.39, 0.29) is 17.7 Å². The topological polar surface area (TPSA) is 40.5 Å². The molecule has 2 rings (SSSR count). The fourth-order valence-corrected chi connectivity index (χ4v) is 3.24. The zero-order valence-corrected chi connectivity index (χ0v) is 9.24. The van der Waals surface area contributed by atoms with Gasteiger partial charge in [0.25, 0.3) is 0 Å². The lowest BCUT2D eigenvalue weighted by Crippen LogP contribution is -2.68. The van der Waals surface area contributed by atoms with E-state index in [1.165, 1.54) is 0 Å². The molecular weight excluding hydrogens is 196 g/mol. The third-order valence-electron chi connectivity index (χ3n) is 3.80. The van der Waals surface area contributed by atoms with E-state index in [1.54, 1.807) is 11.6 Å². The monoisotopic (exact) mass is 213 g/mol. The number of nitrogens with zero attached hydrogens (tertiary/aromatic N) is 1. The van der Waals surface area contributed by atoms with Crippen LogP contribution in [-0.2, 0) is 4.79 Å². The standard InChI is InChI=1S/C10H17BFNO2/c1-10-5-3-4-7(13(10)11(2)15)9(12)8(14)6-10/h7,9,15H,3-6H2,1-2H3/t7-,9-,10+/m1/s1. The van der Waals surface area contributed by atoms with Crippen molar-refractivity contribution in [3.8, 4) is 0 Å². The van der Waals surface area contributed by atoms with Crippen molar-refractivity contribution < 1.29 is 14.2 Å². The number of halogens is 1. The maximum atomic E-state index is 13.7. The maximum Gasteiger partial charge on any atom is 0.377 e. The third-order valence-corrected chi connectivity index (χ3v) is 3.80. The van der Waals surface area contributed by atoms with Crippen molar-refractivity contribution in [2.45, 2.75) is 57.2 Å². The maximum absolute atomic E-state index is 13.7. The summed E-state index contributed by atoms with van der Waals surface area (Å²) in [6, 6.07) is -0.412. The zero-order chi connectivity index (χ0) is 11.2. The van der Waals surface area contributed by atoms with Gasteiger partial charge in [-0.25, -0.2) is 4.39 Å². The van der Waals surface area contributed by atoms with Gasteiger partial charge in [-0.15, -0.1) is 0 Å². The van der Waals surface area contributed by atoms with Gasteiger partial charge in [-0.2, -0.15) is 0 Å². The van der Waals surface area contributed by atoms with Crippen LogP contribution in [0.4, 0.5) is 4.39 Å². The normalized spacial score (nSPS) is 41.7. The fraction of sp³-hybridized carbons (Fsp3) is 0.900. The van der Waals surface area contributed by atoms with E-state index in [1.807, 2.05) is 6.92 Å². The number of alkyl halides is 1. The number of rotatable bonds is 1. The van der Waals surface area contributed by atoms with Crippen molar-refractivity contribution in [3.63, 3.8) is 0 Å². The summed E-state index contributed by atoms with van der Waals surface area (Å²) in [5.74, 6) is -0.292. The Kier molecular flexibility index (Phi) is 2.63. The molecule has 0 amide bonds. The number of Topliss-reactive ketones (excluding diaryl/α,β-unsaturated/α-hetero) is 1. The quantitative estimate of drug-likeness (QED) is 0.661. The smallest absolute Gasteiger partial charge is 0.377 e. The number of piperidine rings is 2. The van der Waals surface area contributed by atoms with E-state index in [9.17, 15) is 14.2 Å². The average Bonchev–Trinajstić information content (AvgIpc) is 2.13. The number of ketones is 1. The van der Waals surface area contributed by atoms with Gasteiger partial charge in [-0.1, -0.05) is 6.42 Å². The van der Waals surface area contributed by atoms with Crippen molar-refractivity contribution in [3.05, 3.63) is 0 Å². The molecule has 2 heterocycles. The molecule has 0 aromatic carbocycles. The molecule has 0 aliphatic carbocycles. The van der Waals surface area contributed by atoms with Crippen molar-refractivity contribution in [2.75, 3.05) is 0 Å². The van der Waals surface area contributed by atoms with Gasteiger partial charge in [-0.05, 0) is 26.6 Å². The predicted molar refractivity (Wildman–Crippen MR) is 56.2 cm³/mol. The van der Waals surface area contributed by atoms with E-state index in [2.05, 4.69) is 0 Å². The second-order valence-corrected chi connectivity index (χ2v) is 5.04. The Hall–Kier alpha value is -0.415. The van der Waals surface area contributed by atoms with Crippen LogP contribution >= 0.6 is 0 Å². The Bertz CT molecular complexity index is 287. The molecule has 2 aliphatic heterocycles. The first-order valence-corrected chi connectivity index (χ1v) is 5.59. The van der Waals surface area contributed by atoms with E-state index in [0.717, 1.165) is 12.8 Å². The molecule has 3 nitrogen and oxygen atoms in total. The van der Waals surface area contributed by atoms with Gasteiger partial charge >= 0.3 is 7.05 Å². The first-order valence-electron chi connectivity index (χ1n) is 5.59. The van der Waals surface area contributed by atoms with Gasteiger partial charge in [0.15, 0.2) is 12.0 Å². The van der Waals surface area contributed by atoms with Gasteiger partial charge in [0.1, 0.15) is 0 Å². The molecular formula is C10H17BFNO2. The molecule has 84 valence electrons. The minimum Gasteiger partial charge on any atom is -0.437 e. The van der Waals surface area contributed by atoms with E-state index in [4.69, 9.17) is 0 Å². The Morgan fingerprint density at radius 2 is 2.33 bits per heavy atom. The Balaban J connectivity index is 2.33. The third kappa shape index (κ3) is 1.62. The molecule has 1 N–H and O–H groups in total. The molecule has 2 aliphatic rings. The number of carbonyl (C=O) groups is 1. The van der Waals surface area contributed by atoms with Crippen LogP contribution in [0.2, 0.25) is 6.82 Å². The first kappa shape index (κ1) is 11.1. The first-order chi connectivity index (χ1) is 6.96. The second kappa shape index (κ2) is 3.56. The van der Waals surface area contributed by atoms with Crippen molar-refractivity contribution in [1.82, 2.24) is 4.81 Å². The van der Waals surface area contributed by atoms with Crippen molar-refractivity contribution >= 4 is 12.8 Å². The van der Waals surface area contributed by atoms with Crippen LogP contribution in [0.3, 0.4) is 0 Å².